The molecular weight excluding hydrogens is 276 g/mol. The van der Waals surface area contributed by atoms with Crippen molar-refractivity contribution in [2.75, 3.05) is 20.2 Å². The highest BCUT2D eigenvalue weighted by Gasteiger charge is 2.48. The third-order valence-corrected chi connectivity index (χ3v) is 5.40. The molecule has 1 N–H and O–H groups in total. The molecule has 4 nitrogen and oxygen atoms in total. The van der Waals surface area contributed by atoms with Crippen LogP contribution in [-0.2, 0) is 0 Å². The Morgan fingerprint density at radius 2 is 2.09 bits per heavy atom. The number of nitrogens with zero attached hydrogens (tertiary/aromatic N) is 2. The average Bonchev–Trinajstić information content (AvgIpc) is 2.55. The van der Waals surface area contributed by atoms with E-state index in [1.54, 1.807) is 7.11 Å². The Labute approximate surface area is 132 Å². The molecule has 118 valence electrons. The number of ether oxygens (including phenoxy) is 1. The maximum Gasteiger partial charge on any atom is 0.118 e. The van der Waals surface area contributed by atoms with Crippen molar-refractivity contribution in [3.63, 3.8) is 0 Å². The van der Waals surface area contributed by atoms with Crippen LogP contribution in [-0.4, -0.2) is 35.8 Å². The van der Waals surface area contributed by atoms with Crippen molar-refractivity contribution >= 4 is 0 Å². The van der Waals surface area contributed by atoms with Gasteiger partial charge in [0.1, 0.15) is 5.75 Å². The minimum atomic E-state index is -0.561. The number of nitriles is 1. The number of hydrogen-bond donors (Lipinski definition) is 1. The lowest BCUT2D eigenvalue weighted by atomic mass is 9.66. The van der Waals surface area contributed by atoms with E-state index in [1.807, 2.05) is 12.1 Å². The van der Waals surface area contributed by atoms with Gasteiger partial charge in [-0.2, -0.15) is 5.26 Å². The van der Waals surface area contributed by atoms with Gasteiger partial charge in [0.2, 0.25) is 0 Å². The molecule has 2 fully saturated rings. The summed E-state index contributed by atoms with van der Waals surface area (Å²) in [6.07, 6.45) is 4.99. The molecule has 2 aliphatic rings. The summed E-state index contributed by atoms with van der Waals surface area (Å²) in [7, 11) is 1.66. The third kappa shape index (κ3) is 2.71. The van der Waals surface area contributed by atoms with Crippen molar-refractivity contribution in [2.45, 2.75) is 43.7 Å². The Morgan fingerprint density at radius 3 is 2.77 bits per heavy atom. The molecule has 0 unspecified atom stereocenters. The van der Waals surface area contributed by atoms with Crippen LogP contribution in [0.25, 0.3) is 0 Å². The Balaban J connectivity index is 1.94. The van der Waals surface area contributed by atoms with Gasteiger partial charge < -0.3 is 9.84 Å². The summed E-state index contributed by atoms with van der Waals surface area (Å²) in [5, 5.41) is 20.2. The van der Waals surface area contributed by atoms with Crippen molar-refractivity contribution in [2.24, 2.45) is 5.92 Å². The Morgan fingerprint density at radius 1 is 1.32 bits per heavy atom. The molecule has 0 amide bonds. The number of benzene rings is 1. The molecule has 3 atom stereocenters. The summed E-state index contributed by atoms with van der Waals surface area (Å²) < 4.78 is 5.24. The summed E-state index contributed by atoms with van der Waals surface area (Å²) in [5.41, 5.74) is 0.621. The molecule has 1 aliphatic carbocycles. The van der Waals surface area contributed by atoms with Crippen LogP contribution in [0.3, 0.4) is 0 Å². The topological polar surface area (TPSA) is 56.5 Å². The Kier molecular flexibility index (Phi) is 4.37. The molecule has 1 saturated heterocycles. The van der Waals surface area contributed by atoms with E-state index >= 15 is 0 Å². The van der Waals surface area contributed by atoms with Crippen LogP contribution < -0.4 is 4.74 Å². The molecular formula is C18H24N2O2. The average molecular weight is 300 g/mol. The van der Waals surface area contributed by atoms with E-state index in [9.17, 15) is 5.11 Å². The number of likely N-dealkylation sites (tertiary alicyclic amines) is 1. The second-order valence-electron chi connectivity index (χ2n) is 6.55. The van der Waals surface area contributed by atoms with Crippen molar-refractivity contribution in [1.29, 1.82) is 5.26 Å². The Bertz CT molecular complexity index is 551. The smallest absolute Gasteiger partial charge is 0.118 e. The monoisotopic (exact) mass is 300 g/mol. The zero-order valence-electron chi connectivity index (χ0n) is 13.2. The van der Waals surface area contributed by atoms with E-state index in [1.165, 1.54) is 12.0 Å². The first-order valence-corrected chi connectivity index (χ1v) is 8.15. The predicted molar refractivity (Wildman–Crippen MR) is 84.4 cm³/mol. The lowest BCUT2D eigenvalue weighted by molar-refractivity contribution is -0.121. The van der Waals surface area contributed by atoms with Crippen LogP contribution in [0, 0.1) is 17.2 Å². The maximum absolute atomic E-state index is 11.1. The van der Waals surface area contributed by atoms with Gasteiger partial charge in [0.25, 0.3) is 0 Å². The van der Waals surface area contributed by atoms with E-state index in [0.717, 1.165) is 38.0 Å². The molecule has 4 heteroatoms. The van der Waals surface area contributed by atoms with Crippen LogP contribution >= 0.6 is 0 Å². The summed E-state index contributed by atoms with van der Waals surface area (Å²) >= 11 is 0. The molecule has 3 rings (SSSR count). The quantitative estimate of drug-likeness (QED) is 0.872. The van der Waals surface area contributed by atoms with Gasteiger partial charge in [-0.3, -0.25) is 4.90 Å². The fourth-order valence-electron chi connectivity index (χ4n) is 4.25. The SMILES string of the molecule is COc1ccc([C@@H]2[C@H]3CCCC[C@]3(O)CCN2CC#N)cc1. The van der Waals surface area contributed by atoms with Gasteiger partial charge in [-0.25, -0.2) is 0 Å². The van der Waals surface area contributed by atoms with Gasteiger partial charge in [-0.1, -0.05) is 25.0 Å². The van der Waals surface area contributed by atoms with Gasteiger partial charge in [-0.15, -0.1) is 0 Å². The molecule has 1 heterocycles. The first-order valence-electron chi connectivity index (χ1n) is 8.15. The highest BCUT2D eigenvalue weighted by Crippen LogP contribution is 2.49. The predicted octanol–water partition coefficient (Wildman–Crippen LogP) is 2.89. The first-order chi connectivity index (χ1) is 10.7. The number of piperidine rings is 1. The molecule has 1 aliphatic heterocycles. The van der Waals surface area contributed by atoms with Gasteiger partial charge in [-0.05, 0) is 37.0 Å². The standard InChI is InChI=1S/C18H24N2O2/c1-22-15-7-5-14(6-8-15)17-16-4-2-3-9-18(16,21)10-12-20(17)13-11-19/h5-8,16-17,21H,2-4,9-10,12-13H2,1H3/t16-,17-,18+/m1/s1. The van der Waals surface area contributed by atoms with Gasteiger partial charge in [0.05, 0.1) is 25.3 Å². The van der Waals surface area contributed by atoms with Gasteiger partial charge in [0.15, 0.2) is 0 Å². The van der Waals surface area contributed by atoms with Crippen LogP contribution in [0.5, 0.6) is 5.75 Å². The van der Waals surface area contributed by atoms with E-state index in [-0.39, 0.29) is 12.0 Å². The van der Waals surface area contributed by atoms with Crippen molar-refractivity contribution in [1.82, 2.24) is 4.90 Å². The normalized spacial score (nSPS) is 32.0. The lowest BCUT2D eigenvalue weighted by Crippen LogP contribution is -2.54. The number of methoxy groups -OCH3 is 1. The minimum absolute atomic E-state index is 0.129. The summed E-state index contributed by atoms with van der Waals surface area (Å²) in [6.45, 7) is 1.21. The van der Waals surface area contributed by atoms with E-state index in [4.69, 9.17) is 10.00 Å². The van der Waals surface area contributed by atoms with Crippen molar-refractivity contribution < 1.29 is 9.84 Å². The molecule has 0 radical (unpaired) electrons. The third-order valence-electron chi connectivity index (χ3n) is 5.40. The number of aliphatic hydroxyl groups is 1. The van der Waals surface area contributed by atoms with E-state index < -0.39 is 5.60 Å². The van der Waals surface area contributed by atoms with Crippen LogP contribution in [0.4, 0.5) is 0 Å². The van der Waals surface area contributed by atoms with Crippen LogP contribution in [0.15, 0.2) is 24.3 Å². The second-order valence-corrected chi connectivity index (χ2v) is 6.55. The Hall–Kier alpha value is -1.57. The summed E-state index contributed by atoms with van der Waals surface area (Å²) in [6, 6.07) is 10.5. The molecule has 1 aromatic carbocycles. The highest BCUT2D eigenvalue weighted by molar-refractivity contribution is 5.31. The minimum Gasteiger partial charge on any atom is -0.497 e. The molecule has 0 spiro atoms. The zero-order valence-corrected chi connectivity index (χ0v) is 13.2. The molecule has 0 aromatic heterocycles. The number of hydrogen-bond acceptors (Lipinski definition) is 4. The summed E-state index contributed by atoms with van der Waals surface area (Å²) in [5.74, 6) is 1.06. The number of fused-ring (bicyclic) bond motifs is 1. The molecule has 0 bridgehead atoms. The fourth-order valence-corrected chi connectivity index (χ4v) is 4.25. The van der Waals surface area contributed by atoms with Gasteiger partial charge >= 0.3 is 0 Å². The van der Waals surface area contributed by atoms with Gasteiger partial charge in [0, 0.05) is 18.5 Å². The number of rotatable bonds is 3. The zero-order chi connectivity index (χ0) is 15.6. The maximum atomic E-state index is 11.1. The molecule has 22 heavy (non-hydrogen) atoms. The largest absolute Gasteiger partial charge is 0.497 e. The molecule has 1 saturated carbocycles. The molecule has 1 aromatic rings. The lowest BCUT2D eigenvalue weighted by Gasteiger charge is -2.52. The highest BCUT2D eigenvalue weighted by atomic mass is 16.5. The van der Waals surface area contributed by atoms with E-state index in [2.05, 4.69) is 23.1 Å². The van der Waals surface area contributed by atoms with Crippen LogP contribution in [0.2, 0.25) is 0 Å². The van der Waals surface area contributed by atoms with Crippen LogP contribution in [0.1, 0.15) is 43.7 Å². The first kappa shape index (κ1) is 15.3. The van der Waals surface area contributed by atoms with Crippen molar-refractivity contribution in [3.05, 3.63) is 29.8 Å². The second kappa shape index (κ2) is 6.28. The van der Waals surface area contributed by atoms with Crippen molar-refractivity contribution in [3.8, 4) is 11.8 Å². The summed E-state index contributed by atoms with van der Waals surface area (Å²) in [4.78, 5) is 2.23. The van der Waals surface area contributed by atoms with E-state index in [0.29, 0.717) is 6.54 Å². The fraction of sp³-hybridized carbons (Fsp3) is 0.611.